The minimum Gasteiger partial charge on any atom is -0.477 e. The van der Waals surface area contributed by atoms with Crippen molar-refractivity contribution in [2.75, 3.05) is 0 Å². The van der Waals surface area contributed by atoms with Crippen molar-refractivity contribution in [3.05, 3.63) is 23.0 Å². The Bertz CT molecular complexity index is 442. The Morgan fingerprint density at radius 3 is 2.94 bits per heavy atom. The highest BCUT2D eigenvalue weighted by Gasteiger charge is 2.42. The van der Waals surface area contributed by atoms with Gasteiger partial charge in [-0.1, -0.05) is 11.6 Å². The quantitative estimate of drug-likeness (QED) is 0.865. The summed E-state index contributed by atoms with van der Waals surface area (Å²) in [7, 11) is 0. The lowest BCUT2D eigenvalue weighted by Crippen LogP contribution is -2.23. The fourth-order valence-electron chi connectivity index (χ4n) is 2.80. The molecule has 5 heteroatoms. The van der Waals surface area contributed by atoms with Crippen LogP contribution in [0.3, 0.4) is 0 Å². The lowest BCUT2D eigenvalue weighted by Gasteiger charge is -2.21. The van der Waals surface area contributed by atoms with Gasteiger partial charge in [-0.2, -0.15) is 0 Å². The first-order chi connectivity index (χ1) is 7.65. The summed E-state index contributed by atoms with van der Waals surface area (Å²) < 4.78 is 7.48. The number of carboxylic acids is 1. The van der Waals surface area contributed by atoms with E-state index in [0.717, 1.165) is 19.3 Å². The number of carboxylic acid groups (broad SMARTS) is 1. The maximum atomic E-state index is 11.1. The van der Waals surface area contributed by atoms with Crippen molar-refractivity contribution in [2.24, 2.45) is 0 Å². The Kier molecular flexibility index (Phi) is 2.23. The zero-order valence-electron chi connectivity index (χ0n) is 8.60. The van der Waals surface area contributed by atoms with Crippen LogP contribution in [0.2, 0.25) is 5.02 Å². The van der Waals surface area contributed by atoms with Crippen LogP contribution >= 0.6 is 11.6 Å². The van der Waals surface area contributed by atoms with E-state index >= 15 is 0 Å². The number of carbonyl (C=O) groups is 1. The Balaban J connectivity index is 1.97. The molecule has 2 aliphatic rings. The van der Waals surface area contributed by atoms with E-state index in [4.69, 9.17) is 21.4 Å². The number of halogens is 1. The van der Waals surface area contributed by atoms with E-state index < -0.39 is 5.97 Å². The van der Waals surface area contributed by atoms with Gasteiger partial charge in [0.05, 0.1) is 23.3 Å². The maximum Gasteiger partial charge on any atom is 0.352 e. The van der Waals surface area contributed by atoms with Crippen LogP contribution in [0.5, 0.6) is 0 Å². The minimum absolute atomic E-state index is 0.136. The van der Waals surface area contributed by atoms with Crippen LogP contribution in [0.15, 0.2) is 12.3 Å². The van der Waals surface area contributed by atoms with Crippen molar-refractivity contribution in [1.29, 1.82) is 0 Å². The molecule has 1 N–H and O–H groups in total. The summed E-state index contributed by atoms with van der Waals surface area (Å²) in [5.41, 5.74) is 0.256. The largest absolute Gasteiger partial charge is 0.477 e. The first-order valence-corrected chi connectivity index (χ1v) is 5.79. The molecule has 1 aromatic rings. The molecular formula is C11H12ClNO3. The third kappa shape index (κ3) is 1.44. The Labute approximate surface area is 97.8 Å². The molecule has 16 heavy (non-hydrogen) atoms. The third-order valence-corrected chi connectivity index (χ3v) is 3.67. The molecular weight excluding hydrogens is 230 g/mol. The summed E-state index contributed by atoms with van der Waals surface area (Å²) >= 11 is 5.87. The average molecular weight is 242 g/mol. The topological polar surface area (TPSA) is 51.5 Å². The smallest absolute Gasteiger partial charge is 0.352 e. The zero-order valence-corrected chi connectivity index (χ0v) is 9.35. The van der Waals surface area contributed by atoms with E-state index in [1.807, 2.05) is 0 Å². The molecule has 3 rings (SSSR count). The molecule has 3 unspecified atom stereocenters. The monoisotopic (exact) mass is 241 g/mol. The molecule has 0 aliphatic carbocycles. The number of ether oxygens (including phenoxy) is 1. The van der Waals surface area contributed by atoms with Gasteiger partial charge in [-0.25, -0.2) is 4.79 Å². The molecule has 2 fully saturated rings. The number of fused-ring (bicyclic) bond motifs is 2. The summed E-state index contributed by atoms with van der Waals surface area (Å²) in [5.74, 6) is -0.935. The summed E-state index contributed by atoms with van der Waals surface area (Å²) in [4.78, 5) is 11.1. The molecule has 4 nitrogen and oxygen atoms in total. The van der Waals surface area contributed by atoms with Gasteiger partial charge in [-0.05, 0) is 25.3 Å². The SMILES string of the molecule is O=C(O)c1cc(Cl)cn1C1CC2CCC1O2. The van der Waals surface area contributed by atoms with Crippen molar-refractivity contribution in [3.63, 3.8) is 0 Å². The van der Waals surface area contributed by atoms with Gasteiger partial charge < -0.3 is 14.4 Å². The zero-order chi connectivity index (χ0) is 11.3. The van der Waals surface area contributed by atoms with Crippen LogP contribution in [0.1, 0.15) is 35.8 Å². The molecule has 3 atom stereocenters. The number of aromatic nitrogens is 1. The van der Waals surface area contributed by atoms with E-state index in [1.165, 1.54) is 6.07 Å². The number of aromatic carboxylic acids is 1. The second-order valence-electron chi connectivity index (χ2n) is 4.43. The van der Waals surface area contributed by atoms with E-state index in [2.05, 4.69) is 0 Å². The molecule has 0 saturated carbocycles. The number of hydrogen-bond donors (Lipinski definition) is 1. The second-order valence-corrected chi connectivity index (χ2v) is 4.87. The van der Waals surface area contributed by atoms with Crippen LogP contribution in [-0.4, -0.2) is 27.9 Å². The maximum absolute atomic E-state index is 11.1. The molecule has 0 radical (unpaired) electrons. The summed E-state index contributed by atoms with van der Waals surface area (Å²) in [5, 5.41) is 9.56. The number of hydrogen-bond acceptors (Lipinski definition) is 2. The molecule has 0 spiro atoms. The third-order valence-electron chi connectivity index (χ3n) is 3.47. The lowest BCUT2D eigenvalue weighted by atomic mass is 9.95. The van der Waals surface area contributed by atoms with Gasteiger partial charge in [-0.15, -0.1) is 0 Å². The predicted molar refractivity (Wildman–Crippen MR) is 58.0 cm³/mol. The molecule has 3 heterocycles. The highest BCUT2D eigenvalue weighted by atomic mass is 35.5. The summed E-state index contributed by atoms with van der Waals surface area (Å²) in [6.07, 6.45) is 5.17. The van der Waals surface area contributed by atoms with Crippen molar-refractivity contribution in [3.8, 4) is 0 Å². The van der Waals surface area contributed by atoms with Crippen LogP contribution in [0, 0.1) is 0 Å². The first-order valence-electron chi connectivity index (χ1n) is 5.41. The van der Waals surface area contributed by atoms with Gasteiger partial charge in [0, 0.05) is 6.20 Å². The van der Waals surface area contributed by atoms with Gasteiger partial charge in [0.1, 0.15) is 5.69 Å². The standard InChI is InChI=1S/C11H12ClNO3/c12-6-3-9(11(14)15)13(5-6)8-4-7-1-2-10(8)16-7/h3,5,7-8,10H,1-2,4H2,(H,14,15). The molecule has 86 valence electrons. The van der Waals surface area contributed by atoms with Crippen LogP contribution in [-0.2, 0) is 4.74 Å². The molecule has 0 aromatic carbocycles. The Morgan fingerprint density at radius 2 is 2.38 bits per heavy atom. The van der Waals surface area contributed by atoms with E-state index in [0.29, 0.717) is 11.1 Å². The number of rotatable bonds is 2. The minimum atomic E-state index is -0.935. The average Bonchev–Trinajstić information content (AvgIpc) is 2.89. The fraction of sp³-hybridized carbons (Fsp3) is 0.545. The number of nitrogens with zero attached hydrogens (tertiary/aromatic N) is 1. The second kappa shape index (κ2) is 3.50. The van der Waals surface area contributed by atoms with Crippen LogP contribution in [0.4, 0.5) is 0 Å². The molecule has 2 bridgehead atoms. The highest BCUT2D eigenvalue weighted by molar-refractivity contribution is 6.30. The van der Waals surface area contributed by atoms with Crippen molar-refractivity contribution in [2.45, 2.75) is 37.5 Å². The molecule has 0 amide bonds. The predicted octanol–water partition coefficient (Wildman–Crippen LogP) is 2.33. The van der Waals surface area contributed by atoms with Crippen molar-refractivity contribution < 1.29 is 14.6 Å². The Hall–Kier alpha value is -1.00. The van der Waals surface area contributed by atoms with Gasteiger partial charge in [-0.3, -0.25) is 0 Å². The highest BCUT2D eigenvalue weighted by Crippen LogP contribution is 2.42. The van der Waals surface area contributed by atoms with Crippen molar-refractivity contribution >= 4 is 17.6 Å². The molecule has 2 saturated heterocycles. The normalized spacial score (nSPS) is 32.2. The molecule has 2 aliphatic heterocycles. The Morgan fingerprint density at radius 1 is 1.56 bits per heavy atom. The summed E-state index contributed by atoms with van der Waals surface area (Å²) in [6, 6.07) is 1.63. The van der Waals surface area contributed by atoms with E-state index in [-0.39, 0.29) is 17.8 Å². The first kappa shape index (κ1) is 10.2. The fourth-order valence-corrected chi connectivity index (χ4v) is 3.00. The van der Waals surface area contributed by atoms with E-state index in [9.17, 15) is 4.79 Å². The summed E-state index contributed by atoms with van der Waals surface area (Å²) in [6.45, 7) is 0. The lowest BCUT2D eigenvalue weighted by molar-refractivity contribution is 0.0674. The van der Waals surface area contributed by atoms with Gasteiger partial charge in [0.15, 0.2) is 0 Å². The van der Waals surface area contributed by atoms with E-state index in [1.54, 1.807) is 10.8 Å². The van der Waals surface area contributed by atoms with Crippen LogP contribution < -0.4 is 0 Å². The van der Waals surface area contributed by atoms with Crippen molar-refractivity contribution in [1.82, 2.24) is 4.57 Å². The van der Waals surface area contributed by atoms with Crippen LogP contribution in [0.25, 0.3) is 0 Å². The molecule has 1 aromatic heterocycles. The van der Waals surface area contributed by atoms with Gasteiger partial charge in [0.2, 0.25) is 0 Å². The van der Waals surface area contributed by atoms with Gasteiger partial charge in [0.25, 0.3) is 0 Å². The van der Waals surface area contributed by atoms with Gasteiger partial charge >= 0.3 is 5.97 Å².